The van der Waals surface area contributed by atoms with E-state index >= 15 is 0 Å². The van der Waals surface area contributed by atoms with E-state index in [9.17, 15) is 9.59 Å². The minimum Gasteiger partial charge on any atom is -0.450 e. The van der Waals surface area contributed by atoms with Gasteiger partial charge < -0.3 is 20.7 Å². The fourth-order valence-electron chi connectivity index (χ4n) is 1.41. The number of nitrogens with one attached hydrogen (secondary N) is 3. The Labute approximate surface area is 122 Å². The molecule has 0 bridgehead atoms. The lowest BCUT2D eigenvalue weighted by atomic mass is 10.2. The second kappa shape index (κ2) is 9.03. The van der Waals surface area contributed by atoms with Gasteiger partial charge in [-0.2, -0.15) is 0 Å². The Balaban J connectivity index is 2.13. The molecule has 1 aromatic rings. The molecular formula is C13H18ClN3O3. The lowest BCUT2D eigenvalue weighted by Crippen LogP contribution is -2.40. The van der Waals surface area contributed by atoms with Crippen LogP contribution in [0.3, 0.4) is 0 Å². The molecule has 20 heavy (non-hydrogen) atoms. The third-order valence-electron chi connectivity index (χ3n) is 2.30. The zero-order chi connectivity index (χ0) is 14.8. The molecule has 0 aliphatic heterocycles. The van der Waals surface area contributed by atoms with Crippen LogP contribution in [-0.2, 0) is 11.3 Å². The molecule has 0 aliphatic rings. The van der Waals surface area contributed by atoms with Crippen LogP contribution in [0.2, 0.25) is 5.02 Å². The number of hydrogen-bond donors (Lipinski definition) is 3. The molecule has 0 saturated carbocycles. The van der Waals surface area contributed by atoms with Gasteiger partial charge >= 0.3 is 12.1 Å². The van der Waals surface area contributed by atoms with Crippen molar-refractivity contribution in [1.82, 2.24) is 16.0 Å². The van der Waals surface area contributed by atoms with E-state index < -0.39 is 6.09 Å². The van der Waals surface area contributed by atoms with Crippen LogP contribution in [-0.4, -0.2) is 31.8 Å². The fraction of sp³-hybridized carbons (Fsp3) is 0.385. The zero-order valence-corrected chi connectivity index (χ0v) is 12.0. The molecule has 0 spiro atoms. The normalized spacial score (nSPS) is 9.70. The lowest BCUT2D eigenvalue weighted by Gasteiger charge is -2.08. The van der Waals surface area contributed by atoms with Crippen LogP contribution in [0.4, 0.5) is 9.59 Å². The largest absolute Gasteiger partial charge is 0.450 e. The highest BCUT2D eigenvalue weighted by molar-refractivity contribution is 6.30. The second-order valence-electron chi connectivity index (χ2n) is 3.89. The topological polar surface area (TPSA) is 79.5 Å². The van der Waals surface area contributed by atoms with Crippen LogP contribution in [0.15, 0.2) is 24.3 Å². The summed E-state index contributed by atoms with van der Waals surface area (Å²) >= 11 is 5.84. The zero-order valence-electron chi connectivity index (χ0n) is 11.2. The van der Waals surface area contributed by atoms with Gasteiger partial charge in [-0.25, -0.2) is 9.59 Å². The first-order valence-electron chi connectivity index (χ1n) is 6.28. The van der Waals surface area contributed by atoms with Gasteiger partial charge in [0.15, 0.2) is 0 Å². The lowest BCUT2D eigenvalue weighted by molar-refractivity contribution is 0.152. The molecule has 0 saturated heterocycles. The van der Waals surface area contributed by atoms with Gasteiger partial charge in [0.25, 0.3) is 0 Å². The van der Waals surface area contributed by atoms with Crippen molar-refractivity contribution >= 4 is 23.7 Å². The summed E-state index contributed by atoms with van der Waals surface area (Å²) in [6, 6.07) is 6.93. The van der Waals surface area contributed by atoms with Crippen LogP contribution in [0, 0.1) is 0 Å². The predicted molar refractivity (Wildman–Crippen MR) is 76.7 cm³/mol. The molecule has 0 atom stereocenters. The average molecular weight is 300 g/mol. The molecule has 3 amide bonds. The maximum Gasteiger partial charge on any atom is 0.407 e. The van der Waals surface area contributed by atoms with Gasteiger partial charge in [0, 0.05) is 24.7 Å². The third kappa shape index (κ3) is 6.84. The van der Waals surface area contributed by atoms with Gasteiger partial charge in [-0.3, -0.25) is 0 Å². The number of alkyl carbamates (subject to hydrolysis) is 1. The number of hydrogen-bond acceptors (Lipinski definition) is 3. The van der Waals surface area contributed by atoms with Gasteiger partial charge in [0.2, 0.25) is 0 Å². The SMILES string of the molecule is CCOC(=O)NCCNC(=O)NCc1cccc(Cl)c1. The number of rotatable bonds is 6. The van der Waals surface area contributed by atoms with E-state index in [4.69, 9.17) is 11.6 Å². The van der Waals surface area contributed by atoms with Crippen molar-refractivity contribution in [2.24, 2.45) is 0 Å². The van der Waals surface area contributed by atoms with Gasteiger partial charge in [-0.1, -0.05) is 23.7 Å². The van der Waals surface area contributed by atoms with Crippen molar-refractivity contribution in [2.75, 3.05) is 19.7 Å². The first kappa shape index (κ1) is 16.1. The van der Waals surface area contributed by atoms with Crippen molar-refractivity contribution < 1.29 is 14.3 Å². The van der Waals surface area contributed by atoms with Gasteiger partial charge in [0.05, 0.1) is 6.61 Å². The Hall–Kier alpha value is -1.95. The standard InChI is InChI=1S/C13H18ClN3O3/c1-2-20-13(19)16-7-6-15-12(18)17-9-10-4-3-5-11(14)8-10/h3-5,8H,2,6-7,9H2,1H3,(H,16,19)(H2,15,17,18). The number of carbonyl (C=O) groups is 2. The minimum atomic E-state index is -0.492. The summed E-state index contributed by atoms with van der Waals surface area (Å²) in [6.07, 6.45) is -0.492. The van der Waals surface area contributed by atoms with Gasteiger partial charge in [-0.15, -0.1) is 0 Å². The minimum absolute atomic E-state index is 0.309. The predicted octanol–water partition coefficient (Wildman–Crippen LogP) is 1.89. The molecule has 7 heteroatoms. The summed E-state index contributed by atoms with van der Waals surface area (Å²) in [5, 5.41) is 8.43. The quantitative estimate of drug-likeness (QED) is 0.702. The summed E-state index contributed by atoms with van der Waals surface area (Å²) in [6.45, 7) is 3.06. The van der Waals surface area contributed by atoms with Crippen LogP contribution in [0.1, 0.15) is 12.5 Å². The Bertz CT molecular complexity index is 454. The number of benzene rings is 1. The number of urea groups is 1. The third-order valence-corrected chi connectivity index (χ3v) is 2.53. The van der Waals surface area contributed by atoms with Crippen molar-refractivity contribution in [1.29, 1.82) is 0 Å². The van der Waals surface area contributed by atoms with E-state index in [1.165, 1.54) is 0 Å². The number of halogens is 1. The van der Waals surface area contributed by atoms with Crippen LogP contribution >= 0.6 is 11.6 Å². The second-order valence-corrected chi connectivity index (χ2v) is 4.32. The Morgan fingerprint density at radius 2 is 1.95 bits per heavy atom. The van der Waals surface area contributed by atoms with Crippen LogP contribution in [0.5, 0.6) is 0 Å². The summed E-state index contributed by atoms with van der Waals surface area (Å²) in [4.78, 5) is 22.4. The van der Waals surface area contributed by atoms with E-state index in [0.717, 1.165) is 5.56 Å². The Morgan fingerprint density at radius 3 is 2.65 bits per heavy atom. The summed E-state index contributed by atoms with van der Waals surface area (Å²) in [5.74, 6) is 0. The molecule has 1 rings (SSSR count). The van der Waals surface area contributed by atoms with E-state index in [-0.39, 0.29) is 6.03 Å². The van der Waals surface area contributed by atoms with Gasteiger partial charge in [0.1, 0.15) is 0 Å². The maximum absolute atomic E-state index is 11.5. The Kier molecular flexibility index (Phi) is 7.27. The maximum atomic E-state index is 11.5. The average Bonchev–Trinajstić information content (AvgIpc) is 2.42. The van der Waals surface area contributed by atoms with Crippen molar-refractivity contribution in [3.05, 3.63) is 34.9 Å². The van der Waals surface area contributed by atoms with Crippen molar-refractivity contribution in [2.45, 2.75) is 13.5 Å². The molecule has 0 heterocycles. The molecular weight excluding hydrogens is 282 g/mol. The summed E-state index contributed by atoms with van der Waals surface area (Å²) in [7, 11) is 0. The monoisotopic (exact) mass is 299 g/mol. The van der Waals surface area contributed by atoms with Gasteiger partial charge in [-0.05, 0) is 24.6 Å². The smallest absolute Gasteiger partial charge is 0.407 e. The molecule has 3 N–H and O–H groups in total. The van der Waals surface area contributed by atoms with E-state index in [0.29, 0.717) is 31.3 Å². The molecule has 0 unspecified atom stereocenters. The fourth-order valence-corrected chi connectivity index (χ4v) is 1.63. The number of amides is 3. The molecule has 6 nitrogen and oxygen atoms in total. The van der Waals surface area contributed by atoms with Crippen molar-refractivity contribution in [3.63, 3.8) is 0 Å². The molecule has 0 aliphatic carbocycles. The van der Waals surface area contributed by atoms with E-state index in [1.807, 2.05) is 12.1 Å². The first-order chi connectivity index (χ1) is 9.61. The summed E-state index contributed by atoms with van der Waals surface area (Å²) < 4.78 is 4.67. The van der Waals surface area contributed by atoms with E-state index in [1.54, 1.807) is 19.1 Å². The van der Waals surface area contributed by atoms with Crippen LogP contribution < -0.4 is 16.0 Å². The number of ether oxygens (including phenoxy) is 1. The summed E-state index contributed by atoms with van der Waals surface area (Å²) in [5.41, 5.74) is 0.914. The molecule has 110 valence electrons. The van der Waals surface area contributed by atoms with Crippen molar-refractivity contribution in [3.8, 4) is 0 Å². The molecule has 0 radical (unpaired) electrons. The molecule has 0 fully saturated rings. The molecule has 0 aromatic heterocycles. The first-order valence-corrected chi connectivity index (χ1v) is 6.66. The Morgan fingerprint density at radius 1 is 1.20 bits per heavy atom. The van der Waals surface area contributed by atoms with E-state index in [2.05, 4.69) is 20.7 Å². The van der Waals surface area contributed by atoms with Crippen LogP contribution in [0.25, 0.3) is 0 Å². The molecule has 1 aromatic carbocycles. The highest BCUT2D eigenvalue weighted by Crippen LogP contribution is 2.09. The number of carbonyl (C=O) groups excluding carboxylic acids is 2. The highest BCUT2D eigenvalue weighted by Gasteiger charge is 2.02. The highest BCUT2D eigenvalue weighted by atomic mass is 35.5.